The number of amides is 1. The Morgan fingerprint density at radius 3 is 0.700 bits per heavy atom. The molecule has 0 fully saturated rings. The Morgan fingerprint density at radius 2 is 0.525 bits per heavy atom. The summed E-state index contributed by atoms with van der Waals surface area (Å²) in [5, 5.41) is 0. The van der Waals surface area contributed by atoms with Gasteiger partial charge in [0.2, 0.25) is 5.91 Å². The highest BCUT2D eigenvalue weighted by atomic mass is 16.1. The van der Waals surface area contributed by atoms with Crippen LogP contribution in [0, 0.1) is 5.41 Å². The van der Waals surface area contributed by atoms with E-state index in [2.05, 4.69) is 20.8 Å². The Labute approximate surface area is 254 Å². The minimum atomic E-state index is -0.234. The molecule has 40 heavy (non-hydrogen) atoms. The van der Waals surface area contributed by atoms with E-state index >= 15 is 0 Å². The molecule has 0 aromatic rings. The molecule has 240 valence electrons. The maximum absolute atomic E-state index is 12.9. The number of nitrogens with two attached hydrogens (primary N) is 1. The van der Waals surface area contributed by atoms with E-state index in [0.717, 1.165) is 19.3 Å². The average Bonchev–Trinajstić information content (AvgIpc) is 2.95. The molecule has 1 atom stereocenters. The number of hydrogen-bond donors (Lipinski definition) is 1. The van der Waals surface area contributed by atoms with Gasteiger partial charge in [0, 0.05) is 5.41 Å². The molecule has 2 N–H and O–H groups in total. The first-order valence-electron chi connectivity index (χ1n) is 18.9. The maximum atomic E-state index is 12.9. The lowest BCUT2D eigenvalue weighted by Crippen LogP contribution is -2.37. The van der Waals surface area contributed by atoms with Crippen LogP contribution in [0.3, 0.4) is 0 Å². The molecule has 1 amide bonds. The van der Waals surface area contributed by atoms with Crippen molar-refractivity contribution in [2.45, 2.75) is 233 Å². The van der Waals surface area contributed by atoms with E-state index in [-0.39, 0.29) is 11.3 Å². The second kappa shape index (κ2) is 31.4. The number of carbonyl (C=O) groups is 1. The highest BCUT2D eigenvalue weighted by molar-refractivity contribution is 5.80. The molecule has 0 bridgehead atoms. The molecule has 2 nitrogen and oxygen atoms in total. The summed E-state index contributed by atoms with van der Waals surface area (Å²) in [5.41, 5.74) is 5.94. The molecule has 0 heterocycles. The summed E-state index contributed by atoms with van der Waals surface area (Å²) in [4.78, 5) is 12.9. The lowest BCUT2D eigenvalue weighted by molar-refractivity contribution is -0.129. The van der Waals surface area contributed by atoms with Gasteiger partial charge in [0.15, 0.2) is 0 Å². The molecular weight excluding hydrogens is 486 g/mol. The van der Waals surface area contributed by atoms with Gasteiger partial charge in [-0.05, 0) is 19.3 Å². The van der Waals surface area contributed by atoms with Crippen molar-refractivity contribution in [3.8, 4) is 0 Å². The van der Waals surface area contributed by atoms with Crippen molar-refractivity contribution >= 4 is 5.91 Å². The van der Waals surface area contributed by atoms with Crippen LogP contribution in [-0.2, 0) is 4.79 Å². The predicted octanol–water partition coefficient (Wildman–Crippen LogP) is 13.4. The second-order valence-corrected chi connectivity index (χ2v) is 13.4. The van der Waals surface area contributed by atoms with Crippen LogP contribution in [0.25, 0.3) is 0 Å². The van der Waals surface area contributed by atoms with Crippen LogP contribution in [0.5, 0.6) is 0 Å². The van der Waals surface area contributed by atoms with Crippen molar-refractivity contribution in [2.24, 2.45) is 11.1 Å². The van der Waals surface area contributed by atoms with E-state index in [1.165, 1.54) is 193 Å². The highest BCUT2D eigenvalue weighted by Crippen LogP contribution is 2.37. The largest absolute Gasteiger partial charge is 0.369 e. The van der Waals surface area contributed by atoms with Crippen LogP contribution in [0.15, 0.2) is 0 Å². The number of carbonyl (C=O) groups excluding carboxylic acids is 1. The van der Waals surface area contributed by atoms with Gasteiger partial charge in [-0.25, -0.2) is 0 Å². The highest BCUT2D eigenvalue weighted by Gasteiger charge is 2.34. The maximum Gasteiger partial charge on any atom is 0.223 e. The van der Waals surface area contributed by atoms with E-state index in [0.29, 0.717) is 0 Å². The van der Waals surface area contributed by atoms with Crippen molar-refractivity contribution in [2.75, 3.05) is 0 Å². The molecule has 0 aliphatic carbocycles. The summed E-state index contributed by atoms with van der Waals surface area (Å²) < 4.78 is 0. The van der Waals surface area contributed by atoms with Crippen LogP contribution < -0.4 is 5.73 Å². The van der Waals surface area contributed by atoms with E-state index < -0.39 is 0 Å². The molecule has 0 spiro atoms. The quantitative estimate of drug-likeness (QED) is 0.0777. The van der Waals surface area contributed by atoms with Crippen LogP contribution >= 0.6 is 0 Å². The first kappa shape index (κ1) is 39.5. The zero-order valence-corrected chi connectivity index (χ0v) is 28.3. The van der Waals surface area contributed by atoms with Crippen LogP contribution in [0.1, 0.15) is 233 Å². The topological polar surface area (TPSA) is 43.1 Å². The predicted molar refractivity (Wildman–Crippen MR) is 181 cm³/mol. The van der Waals surface area contributed by atoms with Crippen LogP contribution in [0.2, 0.25) is 0 Å². The molecule has 0 saturated carbocycles. The lowest BCUT2D eigenvalue weighted by atomic mass is 9.73. The van der Waals surface area contributed by atoms with Gasteiger partial charge in [-0.15, -0.1) is 0 Å². The molecular formula is C38H77NO. The average molecular weight is 564 g/mol. The van der Waals surface area contributed by atoms with Gasteiger partial charge in [-0.2, -0.15) is 0 Å². The Bertz CT molecular complexity index is 504. The Hall–Kier alpha value is -0.530. The fourth-order valence-electron chi connectivity index (χ4n) is 6.60. The minimum Gasteiger partial charge on any atom is -0.369 e. The molecule has 0 saturated heterocycles. The third-order valence-electron chi connectivity index (χ3n) is 9.55. The van der Waals surface area contributed by atoms with E-state index in [9.17, 15) is 4.79 Å². The molecule has 1 unspecified atom stereocenters. The van der Waals surface area contributed by atoms with E-state index in [1.807, 2.05) is 0 Å². The third kappa shape index (κ3) is 25.2. The summed E-state index contributed by atoms with van der Waals surface area (Å²) in [7, 11) is 0. The minimum absolute atomic E-state index is 0.00618. The van der Waals surface area contributed by atoms with Crippen molar-refractivity contribution in [3.05, 3.63) is 0 Å². The molecule has 2 heteroatoms. The van der Waals surface area contributed by atoms with Gasteiger partial charge >= 0.3 is 0 Å². The number of primary amides is 1. The lowest BCUT2D eigenvalue weighted by Gasteiger charge is -2.31. The van der Waals surface area contributed by atoms with Crippen molar-refractivity contribution in [1.29, 1.82) is 0 Å². The Kier molecular flexibility index (Phi) is 31.0. The van der Waals surface area contributed by atoms with Gasteiger partial charge < -0.3 is 5.73 Å². The van der Waals surface area contributed by atoms with Crippen molar-refractivity contribution in [3.63, 3.8) is 0 Å². The summed E-state index contributed by atoms with van der Waals surface area (Å²) in [6.45, 7) is 6.86. The molecule has 0 aliphatic rings. The smallest absolute Gasteiger partial charge is 0.223 e. The molecule has 0 aliphatic heterocycles. The summed E-state index contributed by atoms with van der Waals surface area (Å²) in [6.07, 6.45) is 43.7. The zero-order chi connectivity index (χ0) is 29.4. The van der Waals surface area contributed by atoms with Crippen molar-refractivity contribution < 1.29 is 4.79 Å². The third-order valence-corrected chi connectivity index (χ3v) is 9.55. The number of unbranched alkanes of at least 4 members (excludes halogenated alkanes) is 27. The van der Waals surface area contributed by atoms with Gasteiger partial charge in [0.25, 0.3) is 0 Å². The number of rotatable bonds is 34. The summed E-state index contributed by atoms with van der Waals surface area (Å²) in [6, 6.07) is 0. The zero-order valence-electron chi connectivity index (χ0n) is 28.3. The molecule has 0 radical (unpaired) electrons. The van der Waals surface area contributed by atoms with Gasteiger partial charge in [-0.1, -0.05) is 213 Å². The standard InChI is InChI=1S/C38H77NO/c1-4-7-10-13-16-18-20-21-22-23-25-27-30-33-36-38(37(39)40,34-31-28-15-12-9-6-3)35-32-29-26-24-19-17-14-11-8-5-2/h4-36H2,1-3H3,(H2,39,40). The molecule has 0 aromatic carbocycles. The molecule has 0 rings (SSSR count). The first-order chi connectivity index (χ1) is 19.6. The monoisotopic (exact) mass is 564 g/mol. The SMILES string of the molecule is CCCCCCCCCCCCCCCCC(CCCCCCCC)(CCCCCCCCCCCC)C(N)=O. The van der Waals surface area contributed by atoms with Gasteiger partial charge in [0.1, 0.15) is 0 Å². The summed E-state index contributed by atoms with van der Waals surface area (Å²) >= 11 is 0. The summed E-state index contributed by atoms with van der Waals surface area (Å²) in [5.74, 6) is 0.00618. The Morgan fingerprint density at radius 1 is 0.350 bits per heavy atom. The normalized spacial score (nSPS) is 13.1. The van der Waals surface area contributed by atoms with E-state index in [1.54, 1.807) is 0 Å². The molecule has 0 aromatic heterocycles. The second-order valence-electron chi connectivity index (χ2n) is 13.4. The first-order valence-corrected chi connectivity index (χ1v) is 18.9. The number of hydrogen-bond acceptors (Lipinski definition) is 1. The Balaban J connectivity index is 4.24. The van der Waals surface area contributed by atoms with Crippen LogP contribution in [0.4, 0.5) is 0 Å². The fourth-order valence-corrected chi connectivity index (χ4v) is 6.60. The van der Waals surface area contributed by atoms with E-state index in [4.69, 9.17) is 5.73 Å². The van der Waals surface area contributed by atoms with Crippen LogP contribution in [-0.4, -0.2) is 5.91 Å². The fraction of sp³-hybridized carbons (Fsp3) is 0.974. The van der Waals surface area contributed by atoms with Crippen molar-refractivity contribution in [1.82, 2.24) is 0 Å². The van der Waals surface area contributed by atoms with Gasteiger partial charge in [-0.3, -0.25) is 4.79 Å². The van der Waals surface area contributed by atoms with Gasteiger partial charge in [0.05, 0.1) is 0 Å².